The fourth-order valence-corrected chi connectivity index (χ4v) is 2.12. The summed E-state index contributed by atoms with van der Waals surface area (Å²) in [4.78, 5) is 12.0. The molecule has 0 bridgehead atoms. The average molecular weight is 294 g/mol. The first-order valence-electron chi connectivity index (χ1n) is 5.86. The summed E-state index contributed by atoms with van der Waals surface area (Å²) in [6, 6.07) is 12.9. The van der Waals surface area contributed by atoms with Crippen LogP contribution in [0.2, 0.25) is 10.0 Å². The Morgan fingerprint density at radius 1 is 1.11 bits per heavy atom. The van der Waals surface area contributed by atoms with E-state index in [-0.39, 0.29) is 5.91 Å². The van der Waals surface area contributed by atoms with E-state index in [4.69, 9.17) is 23.2 Å². The van der Waals surface area contributed by atoms with Gasteiger partial charge in [0.15, 0.2) is 0 Å². The fourth-order valence-electron chi connectivity index (χ4n) is 1.78. The Hall–Kier alpha value is -1.51. The molecule has 4 heteroatoms. The highest BCUT2D eigenvalue weighted by Gasteiger charge is 2.09. The Balaban J connectivity index is 2.10. The fraction of sp³-hybridized carbons (Fsp3) is 0.133. The number of amides is 1. The molecule has 0 fully saturated rings. The summed E-state index contributed by atoms with van der Waals surface area (Å²) in [5, 5.41) is 3.56. The van der Waals surface area contributed by atoms with E-state index in [0.29, 0.717) is 22.2 Å². The molecular formula is C15H13Cl2NO. The van der Waals surface area contributed by atoms with Crippen molar-refractivity contribution in [3.8, 4) is 0 Å². The smallest absolute Gasteiger partial charge is 0.228 e. The molecule has 19 heavy (non-hydrogen) atoms. The second-order valence-electron chi connectivity index (χ2n) is 4.25. The third-order valence-corrected chi connectivity index (χ3v) is 3.66. The number of carbonyl (C=O) groups is 1. The van der Waals surface area contributed by atoms with Crippen molar-refractivity contribution in [3.63, 3.8) is 0 Å². The van der Waals surface area contributed by atoms with Crippen molar-refractivity contribution in [1.29, 1.82) is 0 Å². The van der Waals surface area contributed by atoms with Gasteiger partial charge in [-0.1, -0.05) is 53.5 Å². The van der Waals surface area contributed by atoms with Crippen LogP contribution >= 0.6 is 23.2 Å². The molecule has 0 unspecified atom stereocenters. The van der Waals surface area contributed by atoms with Gasteiger partial charge in [-0.3, -0.25) is 4.79 Å². The van der Waals surface area contributed by atoms with Gasteiger partial charge in [0.05, 0.1) is 22.2 Å². The molecule has 0 heterocycles. The molecule has 0 saturated carbocycles. The van der Waals surface area contributed by atoms with Crippen LogP contribution in [0.4, 0.5) is 5.69 Å². The van der Waals surface area contributed by atoms with Gasteiger partial charge >= 0.3 is 0 Å². The van der Waals surface area contributed by atoms with Crippen LogP contribution in [0.1, 0.15) is 11.1 Å². The zero-order valence-corrected chi connectivity index (χ0v) is 11.9. The van der Waals surface area contributed by atoms with Gasteiger partial charge in [0.2, 0.25) is 5.91 Å². The van der Waals surface area contributed by atoms with E-state index >= 15 is 0 Å². The maximum absolute atomic E-state index is 12.0. The highest BCUT2D eigenvalue weighted by atomic mass is 35.5. The molecular weight excluding hydrogens is 281 g/mol. The Labute approximate surface area is 122 Å². The van der Waals surface area contributed by atoms with E-state index in [2.05, 4.69) is 5.32 Å². The van der Waals surface area contributed by atoms with Crippen molar-refractivity contribution in [3.05, 3.63) is 63.6 Å². The number of nitrogens with one attached hydrogen (secondary N) is 1. The molecule has 0 radical (unpaired) electrons. The SMILES string of the molecule is Cc1ccccc1CC(=O)Nc1cccc(Cl)c1Cl. The summed E-state index contributed by atoms with van der Waals surface area (Å²) >= 11 is 11.9. The standard InChI is InChI=1S/C15H13Cl2NO/c1-10-5-2-3-6-11(10)9-14(19)18-13-8-4-7-12(16)15(13)17/h2-8H,9H2,1H3,(H,18,19). The number of anilines is 1. The van der Waals surface area contributed by atoms with Crippen LogP contribution < -0.4 is 5.32 Å². The number of rotatable bonds is 3. The number of carbonyl (C=O) groups excluding carboxylic acids is 1. The number of aryl methyl sites for hydroxylation is 1. The molecule has 2 rings (SSSR count). The number of hydrogen-bond acceptors (Lipinski definition) is 1. The van der Waals surface area contributed by atoms with Crippen LogP contribution in [0.3, 0.4) is 0 Å². The van der Waals surface area contributed by atoms with Gasteiger partial charge in [-0.2, -0.15) is 0 Å². The van der Waals surface area contributed by atoms with Crippen molar-refractivity contribution in [2.45, 2.75) is 13.3 Å². The highest BCUT2D eigenvalue weighted by Crippen LogP contribution is 2.29. The molecule has 0 aliphatic carbocycles. The topological polar surface area (TPSA) is 29.1 Å². The van der Waals surface area contributed by atoms with Crippen LogP contribution in [0.15, 0.2) is 42.5 Å². The predicted molar refractivity (Wildman–Crippen MR) is 80.0 cm³/mol. The summed E-state index contributed by atoms with van der Waals surface area (Å²) in [6.07, 6.45) is 0.315. The molecule has 0 aromatic heterocycles. The minimum atomic E-state index is -0.113. The summed E-state index contributed by atoms with van der Waals surface area (Å²) in [5.74, 6) is -0.113. The quantitative estimate of drug-likeness (QED) is 0.888. The first-order chi connectivity index (χ1) is 9.08. The molecule has 2 nitrogen and oxygen atoms in total. The van der Waals surface area contributed by atoms with Gasteiger partial charge in [-0.15, -0.1) is 0 Å². The molecule has 2 aromatic rings. The molecule has 0 spiro atoms. The van der Waals surface area contributed by atoms with Crippen molar-refractivity contribution in [2.24, 2.45) is 0 Å². The lowest BCUT2D eigenvalue weighted by Gasteiger charge is -2.09. The van der Waals surface area contributed by atoms with Gasteiger partial charge in [0.25, 0.3) is 0 Å². The van der Waals surface area contributed by atoms with E-state index in [1.54, 1.807) is 18.2 Å². The van der Waals surface area contributed by atoms with E-state index in [1.165, 1.54) is 0 Å². The summed E-state index contributed by atoms with van der Waals surface area (Å²) in [7, 11) is 0. The van der Waals surface area contributed by atoms with Gasteiger partial charge < -0.3 is 5.32 Å². The first-order valence-corrected chi connectivity index (χ1v) is 6.62. The molecule has 98 valence electrons. The lowest BCUT2D eigenvalue weighted by Crippen LogP contribution is -2.15. The summed E-state index contributed by atoms with van der Waals surface area (Å²) in [5.41, 5.74) is 2.63. The molecule has 1 amide bonds. The minimum Gasteiger partial charge on any atom is -0.324 e. The van der Waals surface area contributed by atoms with Crippen molar-refractivity contribution in [1.82, 2.24) is 0 Å². The largest absolute Gasteiger partial charge is 0.324 e. The van der Waals surface area contributed by atoms with Crippen LogP contribution in [-0.4, -0.2) is 5.91 Å². The molecule has 0 aliphatic rings. The molecule has 1 N–H and O–H groups in total. The number of benzene rings is 2. The lowest BCUT2D eigenvalue weighted by molar-refractivity contribution is -0.115. The Kier molecular flexibility index (Phi) is 4.46. The van der Waals surface area contributed by atoms with Gasteiger partial charge in [0, 0.05) is 0 Å². The van der Waals surface area contributed by atoms with Crippen LogP contribution in [0.25, 0.3) is 0 Å². The number of halogens is 2. The van der Waals surface area contributed by atoms with E-state index in [9.17, 15) is 4.79 Å². The Bertz CT molecular complexity index is 611. The summed E-state index contributed by atoms with van der Waals surface area (Å²) in [6.45, 7) is 1.98. The van der Waals surface area contributed by atoms with E-state index in [0.717, 1.165) is 11.1 Å². The third-order valence-electron chi connectivity index (χ3n) is 2.84. The van der Waals surface area contributed by atoms with E-state index in [1.807, 2.05) is 31.2 Å². The van der Waals surface area contributed by atoms with Crippen molar-refractivity contribution in [2.75, 3.05) is 5.32 Å². The maximum atomic E-state index is 12.0. The maximum Gasteiger partial charge on any atom is 0.228 e. The molecule has 2 aromatic carbocycles. The Morgan fingerprint density at radius 3 is 2.58 bits per heavy atom. The van der Waals surface area contributed by atoms with Gasteiger partial charge in [0.1, 0.15) is 0 Å². The second-order valence-corrected chi connectivity index (χ2v) is 5.04. The molecule has 0 saturated heterocycles. The Morgan fingerprint density at radius 2 is 1.84 bits per heavy atom. The van der Waals surface area contributed by atoms with E-state index < -0.39 is 0 Å². The summed E-state index contributed by atoms with van der Waals surface area (Å²) < 4.78 is 0. The van der Waals surface area contributed by atoms with Crippen molar-refractivity contribution >= 4 is 34.8 Å². The first kappa shape index (κ1) is 13.9. The molecule has 0 atom stereocenters. The van der Waals surface area contributed by atoms with Crippen molar-refractivity contribution < 1.29 is 4.79 Å². The molecule has 0 aliphatic heterocycles. The third kappa shape index (κ3) is 3.49. The minimum absolute atomic E-state index is 0.113. The average Bonchev–Trinajstić information content (AvgIpc) is 2.38. The number of hydrogen-bond donors (Lipinski definition) is 1. The monoisotopic (exact) mass is 293 g/mol. The predicted octanol–water partition coefficient (Wildman–Crippen LogP) is 4.48. The van der Waals surface area contributed by atoms with Crippen LogP contribution in [-0.2, 0) is 11.2 Å². The highest BCUT2D eigenvalue weighted by molar-refractivity contribution is 6.43. The van der Waals surface area contributed by atoms with Crippen LogP contribution in [0.5, 0.6) is 0 Å². The zero-order valence-electron chi connectivity index (χ0n) is 10.4. The zero-order chi connectivity index (χ0) is 13.8. The van der Waals surface area contributed by atoms with Gasteiger partial charge in [-0.05, 0) is 30.2 Å². The van der Waals surface area contributed by atoms with Gasteiger partial charge in [-0.25, -0.2) is 0 Å². The second kappa shape index (κ2) is 6.09. The normalized spacial score (nSPS) is 10.3. The van der Waals surface area contributed by atoms with Crippen LogP contribution in [0, 0.1) is 6.92 Å². The lowest BCUT2D eigenvalue weighted by atomic mass is 10.1.